The zero-order valence-corrected chi connectivity index (χ0v) is 17.4. The van der Waals surface area contributed by atoms with E-state index < -0.39 is 33.5 Å². The highest BCUT2D eigenvalue weighted by Crippen LogP contribution is 2.29. The molecule has 1 aliphatic rings. The monoisotopic (exact) mass is 422 g/mol. The maximum absolute atomic E-state index is 13.4. The van der Waals surface area contributed by atoms with E-state index in [1.54, 1.807) is 13.8 Å². The quantitative estimate of drug-likeness (QED) is 0.812. The summed E-state index contributed by atoms with van der Waals surface area (Å²) < 4.78 is 54.3. The van der Waals surface area contributed by atoms with Gasteiger partial charge < -0.3 is 5.32 Å². The molecule has 0 saturated carbocycles. The molecule has 156 valence electrons. The van der Waals surface area contributed by atoms with Gasteiger partial charge in [-0.1, -0.05) is 17.7 Å². The topological polar surface area (TPSA) is 66.5 Å². The molecule has 0 bridgehead atoms. The molecule has 2 aromatic rings. The summed E-state index contributed by atoms with van der Waals surface area (Å²) in [4.78, 5) is 12.9. The molecule has 8 heteroatoms. The van der Waals surface area contributed by atoms with Crippen LogP contribution in [-0.2, 0) is 14.8 Å². The number of carbonyl (C=O) groups is 1. The number of halogens is 2. The number of carbonyl (C=O) groups excluding carboxylic acids is 1. The molecule has 0 aliphatic carbocycles. The third-order valence-corrected chi connectivity index (χ3v) is 7.32. The number of nitrogens with one attached hydrogen (secondary N) is 1. The van der Waals surface area contributed by atoms with Gasteiger partial charge in [0.05, 0.1) is 10.8 Å². The number of nitrogens with zero attached hydrogens (tertiary/aromatic N) is 1. The molecule has 0 radical (unpaired) electrons. The van der Waals surface area contributed by atoms with E-state index in [0.717, 1.165) is 17.7 Å². The number of piperidine rings is 1. The Morgan fingerprint density at radius 2 is 1.72 bits per heavy atom. The maximum Gasteiger partial charge on any atom is 0.243 e. The third-order valence-electron chi connectivity index (χ3n) is 5.14. The normalized spacial score (nSPS) is 17.9. The van der Waals surface area contributed by atoms with E-state index in [0.29, 0.717) is 30.5 Å². The van der Waals surface area contributed by atoms with E-state index >= 15 is 0 Å². The summed E-state index contributed by atoms with van der Waals surface area (Å²) in [5.41, 5.74) is 2.48. The Kier molecular flexibility index (Phi) is 6.05. The molecular weight excluding hydrogens is 398 g/mol. The Labute approximate surface area is 169 Å². The number of anilines is 1. The van der Waals surface area contributed by atoms with Crippen molar-refractivity contribution in [2.24, 2.45) is 5.92 Å². The fraction of sp³-hybridized carbons (Fsp3) is 0.381. The first-order chi connectivity index (χ1) is 13.6. The van der Waals surface area contributed by atoms with Crippen molar-refractivity contribution >= 4 is 21.6 Å². The number of rotatable bonds is 4. The minimum Gasteiger partial charge on any atom is -0.326 e. The Hall–Kier alpha value is -2.32. The number of benzene rings is 2. The summed E-state index contributed by atoms with van der Waals surface area (Å²) >= 11 is 0. The maximum atomic E-state index is 13.4. The van der Waals surface area contributed by atoms with E-state index in [4.69, 9.17) is 0 Å². The molecule has 1 saturated heterocycles. The number of aryl methyl sites for hydroxylation is 3. The fourth-order valence-corrected chi connectivity index (χ4v) is 5.83. The van der Waals surface area contributed by atoms with Gasteiger partial charge in [0, 0.05) is 24.8 Å². The van der Waals surface area contributed by atoms with E-state index in [1.807, 2.05) is 19.1 Å². The molecule has 1 heterocycles. The average molecular weight is 422 g/mol. The zero-order valence-electron chi connectivity index (χ0n) is 16.6. The van der Waals surface area contributed by atoms with Crippen LogP contribution in [0.2, 0.25) is 0 Å². The first-order valence-electron chi connectivity index (χ1n) is 9.43. The van der Waals surface area contributed by atoms with Gasteiger partial charge in [-0.25, -0.2) is 17.2 Å². The first kappa shape index (κ1) is 21.4. The van der Waals surface area contributed by atoms with E-state index in [1.165, 1.54) is 10.4 Å². The van der Waals surface area contributed by atoms with Crippen LogP contribution in [-0.4, -0.2) is 31.7 Å². The van der Waals surface area contributed by atoms with Gasteiger partial charge in [-0.15, -0.1) is 0 Å². The number of hydrogen-bond donors (Lipinski definition) is 1. The molecule has 3 rings (SSSR count). The van der Waals surface area contributed by atoms with Gasteiger partial charge in [0.25, 0.3) is 0 Å². The van der Waals surface area contributed by atoms with Gasteiger partial charge in [0.15, 0.2) is 11.6 Å². The molecule has 1 atom stereocenters. The largest absolute Gasteiger partial charge is 0.326 e. The van der Waals surface area contributed by atoms with Crippen molar-refractivity contribution < 1.29 is 22.0 Å². The molecule has 1 aliphatic heterocycles. The van der Waals surface area contributed by atoms with Gasteiger partial charge >= 0.3 is 0 Å². The van der Waals surface area contributed by atoms with Crippen LogP contribution in [0.25, 0.3) is 0 Å². The molecule has 29 heavy (non-hydrogen) atoms. The second kappa shape index (κ2) is 8.20. The van der Waals surface area contributed by atoms with Crippen LogP contribution in [0.3, 0.4) is 0 Å². The van der Waals surface area contributed by atoms with E-state index in [2.05, 4.69) is 5.32 Å². The van der Waals surface area contributed by atoms with Crippen molar-refractivity contribution in [3.05, 3.63) is 58.7 Å². The SMILES string of the molecule is Cc1cc(C)c(S(=O)(=O)N2CCCC(C(=O)Nc3ccc(F)c(F)c3)C2)c(C)c1. The van der Waals surface area contributed by atoms with Crippen LogP contribution in [0.5, 0.6) is 0 Å². The highest BCUT2D eigenvalue weighted by molar-refractivity contribution is 7.89. The molecule has 2 aromatic carbocycles. The lowest BCUT2D eigenvalue weighted by Crippen LogP contribution is -2.44. The molecule has 1 fully saturated rings. The summed E-state index contributed by atoms with van der Waals surface area (Å²) in [7, 11) is -3.75. The second-order valence-corrected chi connectivity index (χ2v) is 9.42. The number of hydrogen-bond acceptors (Lipinski definition) is 3. The minimum absolute atomic E-state index is 0.0462. The molecule has 0 aromatic heterocycles. The minimum atomic E-state index is -3.75. The lowest BCUT2D eigenvalue weighted by molar-refractivity contribution is -0.120. The predicted molar refractivity (Wildman–Crippen MR) is 107 cm³/mol. The van der Waals surface area contributed by atoms with E-state index in [9.17, 15) is 22.0 Å². The Morgan fingerprint density at radius 1 is 1.07 bits per heavy atom. The summed E-state index contributed by atoms with van der Waals surface area (Å²) in [6, 6.07) is 6.77. The molecule has 1 unspecified atom stereocenters. The standard InChI is InChI=1S/C21H24F2N2O3S/c1-13-9-14(2)20(15(3)10-13)29(27,28)25-8-4-5-16(12-25)21(26)24-17-6-7-18(22)19(23)11-17/h6-7,9-11,16H,4-5,8,12H2,1-3H3,(H,24,26). The highest BCUT2D eigenvalue weighted by Gasteiger charge is 2.35. The molecule has 1 amide bonds. The van der Waals surface area contributed by atoms with Crippen molar-refractivity contribution in [2.45, 2.75) is 38.5 Å². The summed E-state index contributed by atoms with van der Waals surface area (Å²) in [5, 5.41) is 2.55. The lowest BCUT2D eigenvalue weighted by atomic mass is 9.98. The molecule has 0 spiro atoms. The number of sulfonamides is 1. The van der Waals surface area contributed by atoms with Crippen molar-refractivity contribution in [1.29, 1.82) is 0 Å². The van der Waals surface area contributed by atoms with Crippen LogP contribution in [0, 0.1) is 38.3 Å². The lowest BCUT2D eigenvalue weighted by Gasteiger charge is -2.32. The Morgan fingerprint density at radius 3 is 2.34 bits per heavy atom. The van der Waals surface area contributed by atoms with Gasteiger partial charge in [-0.2, -0.15) is 4.31 Å². The highest BCUT2D eigenvalue weighted by atomic mass is 32.2. The second-order valence-electron chi connectivity index (χ2n) is 7.55. The zero-order chi connectivity index (χ0) is 21.3. The smallest absolute Gasteiger partial charge is 0.243 e. The van der Waals surface area contributed by atoms with Crippen LogP contribution in [0.4, 0.5) is 14.5 Å². The van der Waals surface area contributed by atoms with Crippen LogP contribution in [0.1, 0.15) is 29.5 Å². The summed E-state index contributed by atoms with van der Waals surface area (Å²) in [6.45, 7) is 5.83. The summed E-state index contributed by atoms with van der Waals surface area (Å²) in [5.74, 6) is -3.03. The van der Waals surface area contributed by atoms with Crippen molar-refractivity contribution in [3.63, 3.8) is 0 Å². The van der Waals surface area contributed by atoms with Gasteiger partial charge in [-0.05, 0) is 56.9 Å². The third kappa shape index (κ3) is 4.48. The predicted octanol–water partition coefficient (Wildman–Crippen LogP) is 3.93. The molecular formula is C21H24F2N2O3S. The van der Waals surface area contributed by atoms with Gasteiger partial charge in [-0.3, -0.25) is 4.79 Å². The van der Waals surface area contributed by atoms with E-state index in [-0.39, 0.29) is 17.1 Å². The van der Waals surface area contributed by atoms with Crippen molar-refractivity contribution in [3.8, 4) is 0 Å². The Balaban J connectivity index is 1.79. The van der Waals surface area contributed by atoms with Gasteiger partial charge in [0.1, 0.15) is 0 Å². The van der Waals surface area contributed by atoms with Crippen molar-refractivity contribution in [1.82, 2.24) is 4.31 Å². The van der Waals surface area contributed by atoms with Gasteiger partial charge in [0.2, 0.25) is 15.9 Å². The van der Waals surface area contributed by atoms with Crippen LogP contribution in [0.15, 0.2) is 35.2 Å². The average Bonchev–Trinajstić information content (AvgIpc) is 2.63. The molecule has 1 N–H and O–H groups in total. The first-order valence-corrected chi connectivity index (χ1v) is 10.9. The molecule has 5 nitrogen and oxygen atoms in total. The van der Waals surface area contributed by atoms with Crippen LogP contribution < -0.4 is 5.32 Å². The van der Waals surface area contributed by atoms with Crippen LogP contribution >= 0.6 is 0 Å². The fourth-order valence-electron chi connectivity index (χ4n) is 3.90. The number of amides is 1. The van der Waals surface area contributed by atoms with Crippen molar-refractivity contribution in [2.75, 3.05) is 18.4 Å². The summed E-state index contributed by atoms with van der Waals surface area (Å²) in [6.07, 6.45) is 1.06. The Bertz CT molecular complexity index is 1030.